The van der Waals surface area contributed by atoms with Gasteiger partial charge in [0, 0.05) is 4.88 Å². The number of hydrogen-bond donors (Lipinski definition) is 1. The Balaban J connectivity index is 2.03. The van der Waals surface area contributed by atoms with E-state index in [-0.39, 0.29) is 6.42 Å². The molecule has 19 heavy (non-hydrogen) atoms. The summed E-state index contributed by atoms with van der Waals surface area (Å²) in [5.74, 6) is -6.15. The highest BCUT2D eigenvalue weighted by Gasteiger charge is 2.48. The number of likely N-dealkylation sites (tertiary alicyclic amines) is 1. The molecule has 0 saturated carbocycles. The van der Waals surface area contributed by atoms with E-state index in [9.17, 15) is 13.6 Å². The van der Waals surface area contributed by atoms with E-state index >= 15 is 0 Å². The molecule has 0 aliphatic carbocycles. The summed E-state index contributed by atoms with van der Waals surface area (Å²) in [5, 5.41) is 9.59. The molecule has 0 aromatic carbocycles. The van der Waals surface area contributed by atoms with Gasteiger partial charge in [0.15, 0.2) is 0 Å². The normalized spacial score (nSPS) is 23.5. The van der Waals surface area contributed by atoms with Gasteiger partial charge in [0.1, 0.15) is 10.9 Å². The fraction of sp³-hybridized carbons (Fsp3) is 0.667. The summed E-state index contributed by atoms with van der Waals surface area (Å²) >= 11 is 1.50. The number of nitrogens with zero attached hydrogens (tertiary/aromatic N) is 2. The van der Waals surface area contributed by atoms with Gasteiger partial charge < -0.3 is 5.11 Å². The molecule has 1 aliphatic rings. The lowest BCUT2D eigenvalue weighted by Gasteiger charge is -2.35. The van der Waals surface area contributed by atoms with E-state index in [2.05, 4.69) is 4.98 Å². The highest BCUT2D eigenvalue weighted by Crippen LogP contribution is 2.34. The summed E-state index contributed by atoms with van der Waals surface area (Å²) in [6.07, 6.45) is -0.0221. The monoisotopic (exact) mass is 290 g/mol. The van der Waals surface area contributed by atoms with Crippen LogP contribution in [0.5, 0.6) is 0 Å². The summed E-state index contributed by atoms with van der Waals surface area (Å²) in [6, 6.07) is 0. The highest BCUT2D eigenvalue weighted by molar-refractivity contribution is 7.11. The smallest absolute Gasteiger partial charge is 0.312 e. The summed E-state index contributed by atoms with van der Waals surface area (Å²) < 4.78 is 27.4. The SMILES string of the molecule is Cc1nc(CN2CCC(C(=O)O)C(F)(F)C2)sc1C. The molecule has 0 radical (unpaired) electrons. The van der Waals surface area contributed by atoms with Crippen molar-refractivity contribution < 1.29 is 18.7 Å². The quantitative estimate of drug-likeness (QED) is 0.928. The second kappa shape index (κ2) is 5.13. The molecule has 0 spiro atoms. The number of hydrogen-bond acceptors (Lipinski definition) is 4. The Morgan fingerprint density at radius 2 is 2.26 bits per heavy atom. The molecule has 0 amide bonds. The summed E-state index contributed by atoms with van der Waals surface area (Å²) in [7, 11) is 0. The molecule has 2 heterocycles. The zero-order valence-corrected chi connectivity index (χ0v) is 11.6. The maximum absolute atomic E-state index is 13.7. The van der Waals surface area contributed by atoms with Gasteiger partial charge in [-0.1, -0.05) is 0 Å². The van der Waals surface area contributed by atoms with Gasteiger partial charge in [0.25, 0.3) is 5.92 Å². The average Bonchev–Trinajstić information content (AvgIpc) is 2.55. The van der Waals surface area contributed by atoms with Crippen molar-refractivity contribution in [2.75, 3.05) is 13.1 Å². The number of piperidine rings is 1. The van der Waals surface area contributed by atoms with Gasteiger partial charge in [-0.05, 0) is 26.8 Å². The molecule has 1 unspecified atom stereocenters. The number of halogens is 2. The molecular formula is C12H16F2N2O2S. The van der Waals surface area contributed by atoms with Crippen molar-refractivity contribution in [3.63, 3.8) is 0 Å². The topological polar surface area (TPSA) is 53.4 Å². The molecule has 106 valence electrons. The lowest BCUT2D eigenvalue weighted by atomic mass is 9.93. The third-order valence-corrected chi connectivity index (χ3v) is 4.47. The number of aromatic nitrogens is 1. The van der Waals surface area contributed by atoms with Crippen LogP contribution in [-0.4, -0.2) is 40.0 Å². The van der Waals surface area contributed by atoms with Gasteiger partial charge in [0.05, 0.1) is 18.8 Å². The summed E-state index contributed by atoms with van der Waals surface area (Å²) in [4.78, 5) is 17.8. The minimum atomic E-state index is -3.18. The Morgan fingerprint density at radius 1 is 1.58 bits per heavy atom. The number of carboxylic acid groups (broad SMARTS) is 1. The van der Waals surface area contributed by atoms with Gasteiger partial charge >= 0.3 is 5.97 Å². The minimum Gasteiger partial charge on any atom is -0.481 e. The molecule has 4 nitrogen and oxygen atoms in total. The first-order valence-electron chi connectivity index (χ1n) is 6.05. The largest absolute Gasteiger partial charge is 0.481 e. The Kier molecular flexibility index (Phi) is 3.87. The zero-order valence-electron chi connectivity index (χ0n) is 10.8. The summed E-state index contributed by atoms with van der Waals surface area (Å²) in [5.41, 5.74) is 0.923. The second-order valence-corrected chi connectivity index (χ2v) is 6.19. The average molecular weight is 290 g/mol. The van der Waals surface area contributed by atoms with Crippen LogP contribution in [-0.2, 0) is 11.3 Å². The van der Waals surface area contributed by atoms with E-state index in [0.29, 0.717) is 13.1 Å². The maximum Gasteiger partial charge on any atom is 0.312 e. The molecule has 1 aromatic rings. The molecule has 1 saturated heterocycles. The van der Waals surface area contributed by atoms with Crippen LogP contribution in [0.2, 0.25) is 0 Å². The molecule has 1 N–H and O–H groups in total. The van der Waals surface area contributed by atoms with Crippen molar-refractivity contribution >= 4 is 17.3 Å². The number of carbonyl (C=O) groups is 1. The van der Waals surface area contributed by atoms with Crippen LogP contribution >= 0.6 is 11.3 Å². The van der Waals surface area contributed by atoms with Gasteiger partial charge in [-0.2, -0.15) is 0 Å². The highest BCUT2D eigenvalue weighted by atomic mass is 32.1. The van der Waals surface area contributed by atoms with Crippen molar-refractivity contribution in [3.8, 4) is 0 Å². The number of alkyl halides is 2. The lowest BCUT2D eigenvalue weighted by molar-refractivity contribution is -0.167. The molecular weight excluding hydrogens is 274 g/mol. The van der Waals surface area contributed by atoms with Crippen LogP contribution in [0.15, 0.2) is 0 Å². The van der Waals surface area contributed by atoms with E-state index in [1.54, 1.807) is 4.90 Å². The number of aryl methyl sites for hydroxylation is 2. The number of aliphatic carboxylic acids is 1. The summed E-state index contributed by atoms with van der Waals surface area (Å²) in [6.45, 7) is 4.05. The molecule has 1 fully saturated rings. The molecule has 0 bridgehead atoms. The maximum atomic E-state index is 13.7. The van der Waals surface area contributed by atoms with Gasteiger partial charge in [-0.15, -0.1) is 11.3 Å². The van der Waals surface area contributed by atoms with Crippen LogP contribution in [0.1, 0.15) is 22.0 Å². The number of rotatable bonds is 3. The number of thiazole rings is 1. The third-order valence-electron chi connectivity index (χ3n) is 3.41. The molecule has 7 heteroatoms. The Bertz CT molecular complexity index is 471. The van der Waals surface area contributed by atoms with Crippen LogP contribution in [0, 0.1) is 19.8 Å². The molecule has 2 rings (SSSR count). The van der Waals surface area contributed by atoms with E-state index < -0.39 is 24.4 Å². The van der Waals surface area contributed by atoms with Crippen LogP contribution in [0.4, 0.5) is 8.78 Å². The lowest BCUT2D eigenvalue weighted by Crippen LogP contribution is -2.50. The van der Waals surface area contributed by atoms with E-state index in [4.69, 9.17) is 5.11 Å². The first-order chi connectivity index (χ1) is 8.79. The fourth-order valence-corrected chi connectivity index (χ4v) is 3.22. The van der Waals surface area contributed by atoms with Crippen molar-refractivity contribution in [1.82, 2.24) is 9.88 Å². The number of carboxylic acids is 1. The Hall–Kier alpha value is -1.08. The van der Waals surface area contributed by atoms with E-state index in [1.807, 2.05) is 13.8 Å². The van der Waals surface area contributed by atoms with E-state index in [1.165, 1.54) is 11.3 Å². The van der Waals surface area contributed by atoms with Crippen LogP contribution in [0.3, 0.4) is 0 Å². The minimum absolute atomic E-state index is 0.0221. The predicted molar refractivity (Wildman–Crippen MR) is 67.6 cm³/mol. The van der Waals surface area contributed by atoms with Gasteiger partial charge in [-0.25, -0.2) is 13.8 Å². The van der Waals surface area contributed by atoms with Crippen LogP contribution in [0.25, 0.3) is 0 Å². The molecule has 1 aliphatic heterocycles. The molecule has 1 atom stereocenters. The fourth-order valence-electron chi connectivity index (χ4n) is 2.25. The van der Waals surface area contributed by atoms with Crippen molar-refractivity contribution in [2.45, 2.75) is 32.7 Å². The first-order valence-corrected chi connectivity index (χ1v) is 6.87. The van der Waals surface area contributed by atoms with Gasteiger partial charge in [0.2, 0.25) is 0 Å². The van der Waals surface area contributed by atoms with Gasteiger partial charge in [-0.3, -0.25) is 9.69 Å². The van der Waals surface area contributed by atoms with E-state index in [0.717, 1.165) is 15.6 Å². The van der Waals surface area contributed by atoms with Crippen molar-refractivity contribution in [3.05, 3.63) is 15.6 Å². The third kappa shape index (κ3) is 3.09. The molecule has 1 aromatic heterocycles. The van der Waals surface area contributed by atoms with Crippen molar-refractivity contribution in [2.24, 2.45) is 5.92 Å². The zero-order chi connectivity index (χ0) is 14.2. The van der Waals surface area contributed by atoms with Crippen LogP contribution < -0.4 is 0 Å². The standard InChI is InChI=1S/C12H16F2N2O2S/c1-7-8(2)19-10(15-7)5-16-4-3-9(11(17)18)12(13,14)6-16/h9H,3-6H2,1-2H3,(H,17,18). The Labute approximate surface area is 114 Å². The van der Waals surface area contributed by atoms with Crippen molar-refractivity contribution in [1.29, 1.82) is 0 Å². The first kappa shape index (κ1) is 14.3. The predicted octanol–water partition coefficient (Wildman–Crippen LogP) is 2.30. The Morgan fingerprint density at radius 3 is 2.74 bits per heavy atom. The second-order valence-electron chi connectivity index (χ2n) is 4.90.